The molecule has 0 bridgehead atoms. The minimum Gasteiger partial charge on any atom is -0.377 e. The predicted octanol–water partition coefficient (Wildman–Crippen LogP) is 2.32. The number of fused-ring (bicyclic) bond motifs is 1. The highest BCUT2D eigenvalue weighted by molar-refractivity contribution is 5.92. The predicted molar refractivity (Wildman–Crippen MR) is 86.5 cm³/mol. The highest BCUT2D eigenvalue weighted by atomic mass is 16.5. The van der Waals surface area contributed by atoms with Gasteiger partial charge in [-0.15, -0.1) is 0 Å². The van der Waals surface area contributed by atoms with Crippen LogP contribution in [0.3, 0.4) is 0 Å². The first kappa shape index (κ1) is 13.9. The molecule has 1 N–H and O–H groups in total. The molecular formula is C17H23N3O2. The Kier molecular flexibility index (Phi) is 3.45. The molecule has 0 unspecified atom stereocenters. The van der Waals surface area contributed by atoms with Gasteiger partial charge in [0.2, 0.25) is 0 Å². The van der Waals surface area contributed by atoms with E-state index in [2.05, 4.69) is 23.3 Å². The molecule has 22 heavy (non-hydrogen) atoms. The molecule has 2 fully saturated rings. The summed E-state index contributed by atoms with van der Waals surface area (Å²) in [6.07, 6.45) is 3.45. The molecule has 1 aromatic rings. The number of amides is 2. The van der Waals surface area contributed by atoms with Crippen LogP contribution in [0.25, 0.3) is 0 Å². The molecule has 1 saturated heterocycles. The van der Waals surface area contributed by atoms with Crippen LogP contribution in [0.4, 0.5) is 16.2 Å². The number of nitrogens with zero attached hydrogens (tertiary/aromatic N) is 2. The Morgan fingerprint density at radius 3 is 3.00 bits per heavy atom. The van der Waals surface area contributed by atoms with Gasteiger partial charge in [-0.25, -0.2) is 4.79 Å². The molecule has 3 aliphatic rings. The standard InChI is InChI=1S/C17H23N3O2/c1-19-8-7-13-14(3-2-4-15(13)19)18-17(21)20-9-10-22-11-16(20)12-5-6-12/h2-4,12,16H,5-11H2,1H3,(H,18,21)/t16-/m1/s1. The second kappa shape index (κ2) is 5.47. The summed E-state index contributed by atoms with van der Waals surface area (Å²) in [5.41, 5.74) is 3.46. The molecule has 5 heteroatoms. The summed E-state index contributed by atoms with van der Waals surface area (Å²) < 4.78 is 5.57. The maximum absolute atomic E-state index is 12.7. The molecule has 2 amide bonds. The summed E-state index contributed by atoms with van der Waals surface area (Å²) in [6, 6.07) is 6.45. The Morgan fingerprint density at radius 1 is 1.32 bits per heavy atom. The van der Waals surface area contributed by atoms with Gasteiger partial charge in [-0.05, 0) is 37.3 Å². The monoisotopic (exact) mass is 301 g/mol. The lowest BCUT2D eigenvalue weighted by atomic mass is 10.1. The zero-order valence-corrected chi connectivity index (χ0v) is 13.0. The van der Waals surface area contributed by atoms with E-state index in [1.807, 2.05) is 17.0 Å². The van der Waals surface area contributed by atoms with E-state index < -0.39 is 0 Å². The first-order valence-corrected chi connectivity index (χ1v) is 8.22. The van der Waals surface area contributed by atoms with E-state index in [1.54, 1.807) is 0 Å². The Labute approximate surface area is 131 Å². The molecular weight excluding hydrogens is 278 g/mol. The van der Waals surface area contributed by atoms with Gasteiger partial charge < -0.3 is 19.9 Å². The van der Waals surface area contributed by atoms with Crippen LogP contribution in [0.2, 0.25) is 0 Å². The Morgan fingerprint density at radius 2 is 2.18 bits per heavy atom. The smallest absolute Gasteiger partial charge is 0.322 e. The van der Waals surface area contributed by atoms with Crippen molar-refractivity contribution in [3.8, 4) is 0 Å². The molecule has 2 aliphatic heterocycles. The highest BCUT2D eigenvalue weighted by Gasteiger charge is 2.39. The highest BCUT2D eigenvalue weighted by Crippen LogP contribution is 2.37. The van der Waals surface area contributed by atoms with Crippen molar-refractivity contribution in [3.63, 3.8) is 0 Å². The lowest BCUT2D eigenvalue weighted by Crippen LogP contribution is -2.51. The van der Waals surface area contributed by atoms with Gasteiger partial charge in [-0.3, -0.25) is 0 Å². The van der Waals surface area contributed by atoms with Crippen LogP contribution in [0.1, 0.15) is 18.4 Å². The second-order valence-corrected chi connectivity index (χ2v) is 6.58. The van der Waals surface area contributed by atoms with Crippen molar-refractivity contribution < 1.29 is 9.53 Å². The van der Waals surface area contributed by atoms with Gasteiger partial charge in [0.15, 0.2) is 0 Å². The Hall–Kier alpha value is -1.75. The van der Waals surface area contributed by atoms with Gasteiger partial charge in [0, 0.05) is 37.1 Å². The minimum absolute atomic E-state index is 0.0307. The van der Waals surface area contributed by atoms with Gasteiger partial charge in [0.05, 0.1) is 19.3 Å². The maximum Gasteiger partial charge on any atom is 0.322 e. The van der Waals surface area contributed by atoms with Crippen LogP contribution in [-0.4, -0.2) is 50.3 Å². The first-order valence-electron chi connectivity index (χ1n) is 8.22. The quantitative estimate of drug-likeness (QED) is 0.912. The number of carbonyl (C=O) groups is 1. The second-order valence-electron chi connectivity index (χ2n) is 6.58. The fourth-order valence-corrected chi connectivity index (χ4v) is 3.65. The molecule has 1 aliphatic carbocycles. The zero-order chi connectivity index (χ0) is 15.1. The molecule has 1 saturated carbocycles. The molecule has 118 valence electrons. The van der Waals surface area contributed by atoms with Crippen LogP contribution in [0.15, 0.2) is 18.2 Å². The summed E-state index contributed by atoms with van der Waals surface area (Å²) in [6.45, 7) is 3.05. The van der Waals surface area contributed by atoms with E-state index in [4.69, 9.17) is 4.74 Å². The van der Waals surface area contributed by atoms with E-state index >= 15 is 0 Å². The van der Waals surface area contributed by atoms with Crippen LogP contribution in [-0.2, 0) is 11.2 Å². The molecule has 0 aromatic heterocycles. The van der Waals surface area contributed by atoms with E-state index in [0.29, 0.717) is 25.7 Å². The number of hydrogen-bond acceptors (Lipinski definition) is 3. The number of carbonyl (C=O) groups excluding carboxylic acids is 1. The van der Waals surface area contributed by atoms with Gasteiger partial charge in [0.1, 0.15) is 0 Å². The molecule has 0 spiro atoms. The average Bonchev–Trinajstić information content (AvgIpc) is 3.32. The number of morpholine rings is 1. The summed E-state index contributed by atoms with van der Waals surface area (Å²) >= 11 is 0. The van der Waals surface area contributed by atoms with Crippen molar-refractivity contribution in [1.82, 2.24) is 4.90 Å². The van der Waals surface area contributed by atoms with Gasteiger partial charge >= 0.3 is 6.03 Å². The molecule has 5 nitrogen and oxygen atoms in total. The summed E-state index contributed by atoms with van der Waals surface area (Å²) in [4.78, 5) is 17.0. The molecule has 1 aromatic carbocycles. The number of rotatable bonds is 2. The van der Waals surface area contributed by atoms with Crippen molar-refractivity contribution >= 4 is 17.4 Å². The van der Waals surface area contributed by atoms with Crippen LogP contribution >= 0.6 is 0 Å². The van der Waals surface area contributed by atoms with Crippen molar-refractivity contribution in [2.24, 2.45) is 5.92 Å². The number of urea groups is 1. The van der Waals surface area contributed by atoms with Crippen molar-refractivity contribution in [3.05, 3.63) is 23.8 Å². The van der Waals surface area contributed by atoms with Crippen LogP contribution in [0.5, 0.6) is 0 Å². The Balaban J connectivity index is 1.52. The normalized spacial score (nSPS) is 24.3. The summed E-state index contributed by atoms with van der Waals surface area (Å²) in [7, 11) is 2.10. The van der Waals surface area contributed by atoms with Crippen LogP contribution in [0, 0.1) is 5.92 Å². The summed E-state index contributed by atoms with van der Waals surface area (Å²) in [5.74, 6) is 0.638. The third-order valence-corrected chi connectivity index (χ3v) is 5.09. The minimum atomic E-state index is 0.0307. The van der Waals surface area contributed by atoms with Crippen molar-refractivity contribution in [1.29, 1.82) is 0 Å². The number of ether oxygens (including phenoxy) is 1. The van der Waals surface area contributed by atoms with E-state index in [-0.39, 0.29) is 12.1 Å². The lowest BCUT2D eigenvalue weighted by Gasteiger charge is -2.36. The number of anilines is 2. The van der Waals surface area contributed by atoms with Crippen molar-refractivity contribution in [2.45, 2.75) is 25.3 Å². The maximum atomic E-state index is 12.7. The van der Waals surface area contributed by atoms with Gasteiger partial charge in [0.25, 0.3) is 0 Å². The first-order chi connectivity index (χ1) is 10.7. The molecule has 4 rings (SSSR count). The van der Waals surface area contributed by atoms with Crippen LogP contribution < -0.4 is 10.2 Å². The molecule has 1 atom stereocenters. The van der Waals surface area contributed by atoms with Crippen molar-refractivity contribution in [2.75, 3.05) is 43.6 Å². The van der Waals surface area contributed by atoms with E-state index in [9.17, 15) is 4.79 Å². The van der Waals surface area contributed by atoms with E-state index in [1.165, 1.54) is 24.1 Å². The SMILES string of the molecule is CN1CCc2c(NC(=O)N3CCOC[C@@H]3C3CC3)cccc21. The topological polar surface area (TPSA) is 44.8 Å². The fourth-order valence-electron chi connectivity index (χ4n) is 3.65. The number of nitrogens with one attached hydrogen (secondary N) is 1. The zero-order valence-electron chi connectivity index (χ0n) is 13.0. The summed E-state index contributed by atoms with van der Waals surface area (Å²) in [5, 5.41) is 3.15. The number of benzene rings is 1. The average molecular weight is 301 g/mol. The van der Waals surface area contributed by atoms with E-state index in [0.717, 1.165) is 18.7 Å². The lowest BCUT2D eigenvalue weighted by molar-refractivity contribution is 0.00772. The molecule has 2 heterocycles. The Bertz CT molecular complexity index is 585. The number of hydrogen-bond donors (Lipinski definition) is 1. The largest absolute Gasteiger partial charge is 0.377 e. The number of likely N-dealkylation sites (N-methyl/N-ethyl adjacent to an activating group) is 1. The fraction of sp³-hybridized carbons (Fsp3) is 0.588. The van der Waals surface area contributed by atoms with Gasteiger partial charge in [-0.1, -0.05) is 6.07 Å². The molecule has 0 radical (unpaired) electrons. The third-order valence-electron chi connectivity index (χ3n) is 5.09. The third kappa shape index (κ3) is 2.43. The van der Waals surface area contributed by atoms with Gasteiger partial charge in [-0.2, -0.15) is 0 Å².